The van der Waals surface area contributed by atoms with Crippen molar-refractivity contribution in [2.75, 3.05) is 6.61 Å². The van der Waals surface area contributed by atoms with Gasteiger partial charge >= 0.3 is 5.97 Å². The van der Waals surface area contributed by atoms with E-state index in [0.717, 1.165) is 25.0 Å². The van der Waals surface area contributed by atoms with Crippen LogP contribution in [0.2, 0.25) is 0 Å². The van der Waals surface area contributed by atoms with E-state index in [1.54, 1.807) is 0 Å². The molecule has 0 bridgehead atoms. The number of carboxylic acid groups (broad SMARTS) is 1. The van der Waals surface area contributed by atoms with E-state index in [1.807, 2.05) is 0 Å². The molecule has 1 aliphatic heterocycles. The zero-order chi connectivity index (χ0) is 8.97. The van der Waals surface area contributed by atoms with Crippen molar-refractivity contribution in [2.45, 2.75) is 31.8 Å². The van der Waals surface area contributed by atoms with Crippen molar-refractivity contribution < 1.29 is 14.6 Å². The second-order valence-corrected chi connectivity index (χ2v) is 3.16. The van der Waals surface area contributed by atoms with Crippen LogP contribution < -0.4 is 0 Å². The highest BCUT2D eigenvalue weighted by Gasteiger charge is 2.16. The first-order valence-corrected chi connectivity index (χ1v) is 4.18. The third kappa shape index (κ3) is 3.05. The Kier molecular flexibility index (Phi) is 3.29. The van der Waals surface area contributed by atoms with Crippen LogP contribution in [0.1, 0.15) is 25.7 Å². The lowest BCUT2D eigenvalue weighted by Gasteiger charge is -2.09. The molecule has 1 rings (SSSR count). The fourth-order valence-corrected chi connectivity index (χ4v) is 1.41. The van der Waals surface area contributed by atoms with E-state index in [0.29, 0.717) is 6.42 Å². The summed E-state index contributed by atoms with van der Waals surface area (Å²) in [5.41, 5.74) is 0.759. The summed E-state index contributed by atoms with van der Waals surface area (Å²) in [6, 6.07) is 0. The monoisotopic (exact) mass is 170 g/mol. The Morgan fingerprint density at radius 3 is 2.92 bits per heavy atom. The Bertz CT molecular complexity index is 180. The molecule has 1 heterocycles. The van der Waals surface area contributed by atoms with E-state index in [9.17, 15) is 4.79 Å². The van der Waals surface area contributed by atoms with Crippen molar-refractivity contribution in [1.82, 2.24) is 0 Å². The van der Waals surface area contributed by atoms with Crippen LogP contribution in [0.5, 0.6) is 0 Å². The molecule has 1 saturated heterocycles. The van der Waals surface area contributed by atoms with Gasteiger partial charge in [0.1, 0.15) is 0 Å². The summed E-state index contributed by atoms with van der Waals surface area (Å²) in [5.74, 6) is -0.807. The molecule has 0 radical (unpaired) electrons. The topological polar surface area (TPSA) is 46.5 Å². The van der Waals surface area contributed by atoms with Gasteiger partial charge in [0, 0.05) is 6.61 Å². The van der Waals surface area contributed by atoms with Crippen LogP contribution in [0.15, 0.2) is 12.2 Å². The van der Waals surface area contributed by atoms with E-state index in [2.05, 4.69) is 6.58 Å². The number of hydrogen-bond donors (Lipinski definition) is 1. The summed E-state index contributed by atoms with van der Waals surface area (Å²) in [6.45, 7) is 4.51. The molecule has 0 amide bonds. The Morgan fingerprint density at radius 2 is 2.42 bits per heavy atom. The zero-order valence-corrected chi connectivity index (χ0v) is 7.08. The molecule has 0 saturated carbocycles. The summed E-state index contributed by atoms with van der Waals surface area (Å²) in [7, 11) is 0. The molecule has 3 nitrogen and oxygen atoms in total. The molecule has 1 atom stereocenters. The van der Waals surface area contributed by atoms with Crippen molar-refractivity contribution in [3.8, 4) is 0 Å². The quantitative estimate of drug-likeness (QED) is 0.651. The molecule has 3 heteroatoms. The SMILES string of the molecule is C=C(CC(=O)O)CC1CCCO1. The maximum absolute atomic E-state index is 10.3. The van der Waals surface area contributed by atoms with Crippen LogP contribution in [0.4, 0.5) is 0 Å². The molecular formula is C9H14O3. The van der Waals surface area contributed by atoms with E-state index >= 15 is 0 Å². The van der Waals surface area contributed by atoms with Gasteiger partial charge in [-0.1, -0.05) is 12.2 Å². The smallest absolute Gasteiger partial charge is 0.307 e. The minimum atomic E-state index is -0.807. The van der Waals surface area contributed by atoms with Gasteiger partial charge in [0.05, 0.1) is 12.5 Å². The van der Waals surface area contributed by atoms with Gasteiger partial charge in [-0.25, -0.2) is 0 Å². The maximum Gasteiger partial charge on any atom is 0.307 e. The van der Waals surface area contributed by atoms with Crippen molar-refractivity contribution in [3.05, 3.63) is 12.2 Å². The average molecular weight is 170 g/mol. The lowest BCUT2D eigenvalue weighted by molar-refractivity contribution is -0.136. The van der Waals surface area contributed by atoms with Crippen molar-refractivity contribution in [2.24, 2.45) is 0 Å². The van der Waals surface area contributed by atoms with Crippen molar-refractivity contribution in [3.63, 3.8) is 0 Å². The molecule has 1 N–H and O–H groups in total. The van der Waals surface area contributed by atoms with Crippen LogP contribution in [0, 0.1) is 0 Å². The third-order valence-corrected chi connectivity index (χ3v) is 1.94. The molecule has 68 valence electrons. The minimum Gasteiger partial charge on any atom is -0.481 e. The molecule has 1 aliphatic rings. The largest absolute Gasteiger partial charge is 0.481 e. The van der Waals surface area contributed by atoms with Gasteiger partial charge in [0.25, 0.3) is 0 Å². The van der Waals surface area contributed by atoms with Crippen LogP contribution in [-0.4, -0.2) is 23.8 Å². The Hall–Kier alpha value is -0.830. The van der Waals surface area contributed by atoms with E-state index in [4.69, 9.17) is 9.84 Å². The average Bonchev–Trinajstić information content (AvgIpc) is 2.37. The number of aliphatic carboxylic acids is 1. The zero-order valence-electron chi connectivity index (χ0n) is 7.08. The lowest BCUT2D eigenvalue weighted by atomic mass is 10.1. The summed E-state index contributed by atoms with van der Waals surface area (Å²) < 4.78 is 5.35. The highest BCUT2D eigenvalue weighted by Crippen LogP contribution is 2.19. The second-order valence-electron chi connectivity index (χ2n) is 3.16. The Morgan fingerprint density at radius 1 is 1.67 bits per heavy atom. The van der Waals surface area contributed by atoms with Gasteiger partial charge in [-0.05, 0) is 19.3 Å². The molecule has 0 aromatic carbocycles. The first-order valence-electron chi connectivity index (χ1n) is 4.18. The van der Waals surface area contributed by atoms with Gasteiger partial charge in [-0.15, -0.1) is 0 Å². The van der Waals surface area contributed by atoms with Gasteiger partial charge in [0.2, 0.25) is 0 Å². The highest BCUT2D eigenvalue weighted by atomic mass is 16.5. The molecule has 0 aromatic rings. The van der Waals surface area contributed by atoms with Gasteiger partial charge in [0.15, 0.2) is 0 Å². The molecule has 0 aliphatic carbocycles. The van der Waals surface area contributed by atoms with Crippen LogP contribution in [0.3, 0.4) is 0 Å². The first-order chi connectivity index (χ1) is 5.68. The second kappa shape index (κ2) is 4.26. The standard InChI is InChI=1S/C9H14O3/c1-7(6-9(10)11)5-8-3-2-4-12-8/h8H,1-6H2,(H,10,11). The fraction of sp³-hybridized carbons (Fsp3) is 0.667. The summed E-state index contributed by atoms with van der Waals surface area (Å²) in [5, 5.41) is 8.46. The number of ether oxygens (including phenoxy) is 1. The summed E-state index contributed by atoms with van der Waals surface area (Å²) in [4.78, 5) is 10.3. The number of hydrogen-bond acceptors (Lipinski definition) is 2. The summed E-state index contributed by atoms with van der Waals surface area (Å²) >= 11 is 0. The van der Waals surface area contributed by atoms with Crippen LogP contribution >= 0.6 is 0 Å². The van der Waals surface area contributed by atoms with Crippen molar-refractivity contribution >= 4 is 5.97 Å². The maximum atomic E-state index is 10.3. The lowest BCUT2D eigenvalue weighted by Crippen LogP contribution is -2.07. The van der Waals surface area contributed by atoms with E-state index < -0.39 is 5.97 Å². The predicted octanol–water partition coefficient (Wildman–Crippen LogP) is 1.59. The molecule has 12 heavy (non-hydrogen) atoms. The van der Waals surface area contributed by atoms with Gasteiger partial charge < -0.3 is 9.84 Å². The van der Waals surface area contributed by atoms with Crippen LogP contribution in [0.25, 0.3) is 0 Å². The van der Waals surface area contributed by atoms with Gasteiger partial charge in [-0.3, -0.25) is 4.79 Å². The number of carboxylic acids is 1. The first kappa shape index (κ1) is 9.26. The number of carbonyl (C=O) groups is 1. The highest BCUT2D eigenvalue weighted by molar-refractivity contribution is 5.69. The minimum absolute atomic E-state index is 0.0693. The number of rotatable bonds is 4. The van der Waals surface area contributed by atoms with Gasteiger partial charge in [-0.2, -0.15) is 0 Å². The fourth-order valence-electron chi connectivity index (χ4n) is 1.41. The Labute approximate surface area is 72.0 Å². The molecule has 0 aromatic heterocycles. The molecule has 1 unspecified atom stereocenters. The normalized spacial score (nSPS) is 22.5. The molecular weight excluding hydrogens is 156 g/mol. The molecule has 0 spiro atoms. The van der Waals surface area contributed by atoms with E-state index in [1.165, 1.54) is 0 Å². The molecule has 1 fully saturated rings. The predicted molar refractivity (Wildman–Crippen MR) is 45.0 cm³/mol. The third-order valence-electron chi connectivity index (χ3n) is 1.94. The Balaban J connectivity index is 2.20. The van der Waals surface area contributed by atoms with Crippen molar-refractivity contribution in [1.29, 1.82) is 0 Å². The van der Waals surface area contributed by atoms with Crippen LogP contribution in [-0.2, 0) is 9.53 Å². The van der Waals surface area contributed by atoms with E-state index in [-0.39, 0.29) is 12.5 Å². The summed E-state index contributed by atoms with van der Waals surface area (Å²) in [6.07, 6.45) is 3.12.